The van der Waals surface area contributed by atoms with E-state index in [9.17, 15) is 0 Å². The highest BCUT2D eigenvalue weighted by Gasteiger charge is 2.35. The van der Waals surface area contributed by atoms with Crippen molar-refractivity contribution >= 4 is 11.6 Å². The van der Waals surface area contributed by atoms with Crippen LogP contribution >= 0.6 is 11.6 Å². The van der Waals surface area contributed by atoms with Crippen LogP contribution in [-0.4, -0.2) is 24.5 Å². The zero-order chi connectivity index (χ0) is 11.6. The summed E-state index contributed by atoms with van der Waals surface area (Å²) < 4.78 is 0. The summed E-state index contributed by atoms with van der Waals surface area (Å²) in [6.45, 7) is 5.05. The summed E-state index contributed by atoms with van der Waals surface area (Å²) in [5.74, 6) is 0. The normalized spacial score (nSPS) is 20.9. The molecule has 1 saturated heterocycles. The van der Waals surface area contributed by atoms with Crippen LogP contribution < -0.4 is 5.73 Å². The van der Waals surface area contributed by atoms with Crippen molar-refractivity contribution < 1.29 is 0 Å². The van der Waals surface area contributed by atoms with Gasteiger partial charge in [-0.15, -0.1) is 0 Å². The minimum atomic E-state index is -0.116. The van der Waals surface area contributed by atoms with Gasteiger partial charge >= 0.3 is 0 Å². The first kappa shape index (κ1) is 11.9. The molecule has 2 nitrogen and oxygen atoms in total. The average Bonchev–Trinajstić information content (AvgIpc) is 2.82. The van der Waals surface area contributed by atoms with Gasteiger partial charge in [-0.25, -0.2) is 0 Å². The molecule has 1 aromatic carbocycles. The van der Waals surface area contributed by atoms with E-state index < -0.39 is 0 Å². The molecule has 88 valence electrons. The largest absolute Gasteiger partial charge is 0.328 e. The van der Waals surface area contributed by atoms with Crippen LogP contribution in [0.2, 0.25) is 5.02 Å². The average molecular weight is 239 g/mol. The van der Waals surface area contributed by atoms with Gasteiger partial charge in [0.15, 0.2) is 0 Å². The van der Waals surface area contributed by atoms with Gasteiger partial charge in [0.2, 0.25) is 0 Å². The molecule has 1 aromatic rings. The van der Waals surface area contributed by atoms with Crippen molar-refractivity contribution in [3.8, 4) is 0 Å². The van der Waals surface area contributed by atoms with E-state index in [4.69, 9.17) is 17.3 Å². The fourth-order valence-corrected chi connectivity index (χ4v) is 2.86. The lowest BCUT2D eigenvalue weighted by molar-refractivity contribution is 0.143. The van der Waals surface area contributed by atoms with E-state index in [1.165, 1.54) is 12.8 Å². The molecule has 0 bridgehead atoms. The number of hydrogen-bond donors (Lipinski definition) is 1. The van der Waals surface area contributed by atoms with Gasteiger partial charge in [0.25, 0.3) is 0 Å². The number of halogens is 1. The lowest BCUT2D eigenvalue weighted by Crippen LogP contribution is -2.47. The minimum Gasteiger partial charge on any atom is -0.328 e. The second-order valence-corrected chi connectivity index (χ2v) is 5.06. The zero-order valence-corrected chi connectivity index (χ0v) is 10.5. The van der Waals surface area contributed by atoms with Crippen LogP contribution in [-0.2, 0) is 5.54 Å². The molecule has 1 fully saturated rings. The van der Waals surface area contributed by atoms with Gasteiger partial charge in [0.05, 0.1) is 5.54 Å². The molecule has 1 heterocycles. The van der Waals surface area contributed by atoms with Gasteiger partial charge in [0, 0.05) is 11.6 Å². The Bertz CT molecular complexity index is 361. The van der Waals surface area contributed by atoms with Crippen LogP contribution in [0.5, 0.6) is 0 Å². The summed E-state index contributed by atoms with van der Waals surface area (Å²) in [6, 6.07) is 8.03. The quantitative estimate of drug-likeness (QED) is 0.877. The molecular formula is C13H19ClN2. The van der Waals surface area contributed by atoms with E-state index in [1.807, 2.05) is 18.2 Å². The highest BCUT2D eigenvalue weighted by atomic mass is 35.5. The van der Waals surface area contributed by atoms with Crippen molar-refractivity contribution in [3.05, 3.63) is 34.9 Å². The predicted molar refractivity (Wildman–Crippen MR) is 68.7 cm³/mol. The maximum Gasteiger partial charge on any atom is 0.0569 e. The Morgan fingerprint density at radius 3 is 2.50 bits per heavy atom. The van der Waals surface area contributed by atoms with Gasteiger partial charge in [-0.2, -0.15) is 0 Å². The van der Waals surface area contributed by atoms with Crippen LogP contribution in [0.3, 0.4) is 0 Å². The van der Waals surface area contributed by atoms with Crippen molar-refractivity contribution in [2.45, 2.75) is 25.3 Å². The Labute approximate surface area is 102 Å². The number of nitrogens with two attached hydrogens (primary N) is 1. The first-order chi connectivity index (χ1) is 7.68. The molecule has 0 aliphatic carbocycles. The van der Waals surface area contributed by atoms with Crippen molar-refractivity contribution in [1.29, 1.82) is 0 Å². The van der Waals surface area contributed by atoms with E-state index in [1.54, 1.807) is 0 Å². The molecular weight excluding hydrogens is 220 g/mol. The Kier molecular flexibility index (Phi) is 3.53. The Morgan fingerprint density at radius 2 is 1.94 bits per heavy atom. The molecule has 2 rings (SSSR count). The van der Waals surface area contributed by atoms with E-state index in [0.717, 1.165) is 23.7 Å². The second-order valence-electron chi connectivity index (χ2n) is 4.65. The topological polar surface area (TPSA) is 29.3 Å². The summed E-state index contributed by atoms with van der Waals surface area (Å²) >= 11 is 6.28. The maximum absolute atomic E-state index is 6.28. The molecule has 1 atom stereocenters. The monoisotopic (exact) mass is 238 g/mol. The fraction of sp³-hybridized carbons (Fsp3) is 0.538. The molecule has 1 aliphatic rings. The second kappa shape index (κ2) is 4.74. The number of likely N-dealkylation sites (tertiary alicyclic amines) is 1. The fourth-order valence-electron chi connectivity index (χ4n) is 2.52. The first-order valence-corrected chi connectivity index (χ1v) is 6.26. The molecule has 16 heavy (non-hydrogen) atoms. The molecule has 0 aromatic heterocycles. The molecule has 0 spiro atoms. The number of benzene rings is 1. The summed E-state index contributed by atoms with van der Waals surface area (Å²) in [6.07, 6.45) is 2.53. The summed E-state index contributed by atoms with van der Waals surface area (Å²) in [5, 5.41) is 0.822. The Hall–Kier alpha value is -0.570. The Balaban J connectivity index is 2.37. The van der Waals surface area contributed by atoms with Crippen LogP contribution in [0, 0.1) is 0 Å². The third-order valence-electron chi connectivity index (χ3n) is 3.66. The predicted octanol–water partition coefficient (Wildman–Crippen LogP) is 2.61. The van der Waals surface area contributed by atoms with Crippen LogP contribution in [0.1, 0.15) is 25.3 Å². The molecule has 2 N–H and O–H groups in total. The third-order valence-corrected chi connectivity index (χ3v) is 3.99. The molecule has 3 heteroatoms. The highest BCUT2D eigenvalue weighted by Crippen LogP contribution is 2.34. The van der Waals surface area contributed by atoms with E-state index in [0.29, 0.717) is 6.54 Å². The van der Waals surface area contributed by atoms with Crippen LogP contribution in [0.25, 0.3) is 0 Å². The van der Waals surface area contributed by atoms with Crippen LogP contribution in [0.15, 0.2) is 24.3 Å². The zero-order valence-electron chi connectivity index (χ0n) is 9.75. The highest BCUT2D eigenvalue weighted by molar-refractivity contribution is 6.31. The van der Waals surface area contributed by atoms with Crippen molar-refractivity contribution in [1.82, 2.24) is 4.90 Å². The Morgan fingerprint density at radius 1 is 1.31 bits per heavy atom. The summed E-state index contributed by atoms with van der Waals surface area (Å²) in [7, 11) is 0. The summed E-state index contributed by atoms with van der Waals surface area (Å²) in [4.78, 5) is 2.45. The van der Waals surface area contributed by atoms with E-state index >= 15 is 0 Å². The van der Waals surface area contributed by atoms with Crippen molar-refractivity contribution in [2.24, 2.45) is 5.73 Å². The van der Waals surface area contributed by atoms with Gasteiger partial charge < -0.3 is 5.73 Å². The lowest BCUT2D eigenvalue weighted by Gasteiger charge is -2.39. The van der Waals surface area contributed by atoms with Gasteiger partial charge in [-0.3, -0.25) is 4.90 Å². The number of hydrogen-bond acceptors (Lipinski definition) is 2. The number of rotatable bonds is 3. The maximum atomic E-state index is 6.28. The van der Waals surface area contributed by atoms with Gasteiger partial charge in [-0.1, -0.05) is 29.8 Å². The molecule has 0 saturated carbocycles. The van der Waals surface area contributed by atoms with Gasteiger partial charge in [0.1, 0.15) is 0 Å². The third kappa shape index (κ3) is 1.97. The van der Waals surface area contributed by atoms with E-state index in [2.05, 4.69) is 17.9 Å². The standard InChI is InChI=1S/C13H19ClN2/c1-13(10-15,16-8-4-5-9-16)11-6-2-3-7-12(11)14/h2-3,6-7H,4-5,8-10,15H2,1H3/t13-/m0/s1. The van der Waals surface area contributed by atoms with E-state index in [-0.39, 0.29) is 5.54 Å². The van der Waals surface area contributed by atoms with Gasteiger partial charge in [-0.05, 0) is 44.5 Å². The minimum absolute atomic E-state index is 0.116. The molecule has 0 unspecified atom stereocenters. The number of nitrogens with zero attached hydrogens (tertiary/aromatic N) is 1. The SMILES string of the molecule is C[C@](CN)(c1ccccc1Cl)N1CCCC1. The summed E-state index contributed by atoms with van der Waals surface area (Å²) in [5.41, 5.74) is 7.02. The molecule has 0 amide bonds. The smallest absolute Gasteiger partial charge is 0.0569 e. The lowest BCUT2D eigenvalue weighted by atomic mass is 9.90. The van der Waals surface area contributed by atoms with Crippen molar-refractivity contribution in [2.75, 3.05) is 19.6 Å². The first-order valence-electron chi connectivity index (χ1n) is 5.88. The van der Waals surface area contributed by atoms with Crippen LogP contribution in [0.4, 0.5) is 0 Å². The molecule has 0 radical (unpaired) electrons. The van der Waals surface area contributed by atoms with Crippen molar-refractivity contribution in [3.63, 3.8) is 0 Å². The molecule has 1 aliphatic heterocycles.